The molecule has 0 saturated heterocycles. The Kier molecular flexibility index (Phi) is 10.6. The SMILES string of the molecule is CCCCCCOc1ccc(C=CC(=O)c2ccc(-c3ccc(CCCCC)cc3)cc2)cc1. The van der Waals surface area contributed by atoms with Crippen molar-refractivity contribution in [3.8, 4) is 16.9 Å². The number of allylic oxidation sites excluding steroid dienone is 1. The van der Waals surface area contributed by atoms with Crippen LogP contribution in [-0.4, -0.2) is 12.4 Å². The molecule has 3 aromatic carbocycles. The molecule has 2 nitrogen and oxygen atoms in total. The smallest absolute Gasteiger partial charge is 0.185 e. The fourth-order valence-electron chi connectivity index (χ4n) is 3.93. The summed E-state index contributed by atoms with van der Waals surface area (Å²) in [6, 6.07) is 24.6. The molecule has 0 radical (unpaired) electrons. The van der Waals surface area contributed by atoms with E-state index in [0.717, 1.165) is 36.3 Å². The van der Waals surface area contributed by atoms with E-state index in [4.69, 9.17) is 4.74 Å². The predicted molar refractivity (Wildman–Crippen MR) is 145 cm³/mol. The summed E-state index contributed by atoms with van der Waals surface area (Å²) in [7, 11) is 0. The van der Waals surface area contributed by atoms with Gasteiger partial charge in [0.25, 0.3) is 0 Å². The van der Waals surface area contributed by atoms with Gasteiger partial charge in [-0.3, -0.25) is 4.79 Å². The van der Waals surface area contributed by atoms with Crippen LogP contribution in [0.3, 0.4) is 0 Å². The topological polar surface area (TPSA) is 26.3 Å². The van der Waals surface area contributed by atoms with E-state index >= 15 is 0 Å². The molecular formula is C32H38O2. The fourth-order valence-corrected chi connectivity index (χ4v) is 3.93. The molecule has 0 aliphatic rings. The van der Waals surface area contributed by atoms with Gasteiger partial charge < -0.3 is 4.74 Å². The van der Waals surface area contributed by atoms with Gasteiger partial charge in [-0.1, -0.05) is 113 Å². The molecule has 34 heavy (non-hydrogen) atoms. The van der Waals surface area contributed by atoms with Crippen molar-refractivity contribution in [2.45, 2.75) is 65.2 Å². The van der Waals surface area contributed by atoms with Crippen molar-refractivity contribution in [2.24, 2.45) is 0 Å². The zero-order valence-electron chi connectivity index (χ0n) is 20.8. The Bertz CT molecular complexity index is 1010. The van der Waals surface area contributed by atoms with E-state index in [-0.39, 0.29) is 5.78 Å². The van der Waals surface area contributed by atoms with E-state index in [0.29, 0.717) is 5.56 Å². The number of ketones is 1. The Labute approximate surface area is 205 Å². The lowest BCUT2D eigenvalue weighted by molar-refractivity contribution is 0.104. The summed E-state index contributed by atoms with van der Waals surface area (Å²) in [5, 5.41) is 0. The molecular weight excluding hydrogens is 416 g/mol. The summed E-state index contributed by atoms with van der Waals surface area (Å²) in [6.07, 6.45) is 13.2. The Morgan fingerprint density at radius 2 is 1.32 bits per heavy atom. The number of aryl methyl sites for hydroxylation is 1. The van der Waals surface area contributed by atoms with Crippen molar-refractivity contribution < 1.29 is 9.53 Å². The van der Waals surface area contributed by atoms with Gasteiger partial charge in [0.2, 0.25) is 0 Å². The fraction of sp³-hybridized carbons (Fsp3) is 0.344. The molecule has 178 valence electrons. The number of benzene rings is 3. The normalized spacial score (nSPS) is 11.1. The summed E-state index contributed by atoms with van der Waals surface area (Å²) >= 11 is 0. The molecule has 3 aromatic rings. The van der Waals surface area contributed by atoms with Gasteiger partial charge in [0.05, 0.1) is 6.61 Å². The van der Waals surface area contributed by atoms with Crippen LogP contribution in [0.5, 0.6) is 5.75 Å². The Hall–Kier alpha value is -3.13. The van der Waals surface area contributed by atoms with Crippen molar-refractivity contribution >= 4 is 11.9 Å². The highest BCUT2D eigenvalue weighted by atomic mass is 16.5. The number of ether oxygens (including phenoxy) is 1. The predicted octanol–water partition coefficient (Wildman–Crippen LogP) is 8.94. The highest BCUT2D eigenvalue weighted by molar-refractivity contribution is 6.07. The van der Waals surface area contributed by atoms with Gasteiger partial charge in [0, 0.05) is 5.56 Å². The number of unbranched alkanes of at least 4 members (excludes halogenated alkanes) is 5. The lowest BCUT2D eigenvalue weighted by atomic mass is 9.99. The summed E-state index contributed by atoms with van der Waals surface area (Å²) < 4.78 is 5.79. The van der Waals surface area contributed by atoms with Crippen LogP contribution in [0.25, 0.3) is 17.2 Å². The molecule has 0 N–H and O–H groups in total. The molecule has 0 saturated carbocycles. The lowest BCUT2D eigenvalue weighted by Crippen LogP contribution is -1.97. The first kappa shape index (κ1) is 25.5. The molecule has 2 heteroatoms. The molecule has 3 rings (SSSR count). The minimum Gasteiger partial charge on any atom is -0.494 e. The van der Waals surface area contributed by atoms with Gasteiger partial charge >= 0.3 is 0 Å². The average molecular weight is 455 g/mol. The summed E-state index contributed by atoms with van der Waals surface area (Å²) in [4.78, 5) is 12.6. The molecule has 0 aromatic heterocycles. The van der Waals surface area contributed by atoms with Gasteiger partial charge in [-0.2, -0.15) is 0 Å². The van der Waals surface area contributed by atoms with Gasteiger partial charge in [-0.15, -0.1) is 0 Å². The number of carbonyl (C=O) groups is 1. The van der Waals surface area contributed by atoms with Crippen LogP contribution < -0.4 is 4.74 Å². The maximum atomic E-state index is 12.6. The standard InChI is InChI=1S/C32H38O2/c1-3-5-7-9-25-34-31-22-13-27(14-23-31)15-24-32(33)30-20-18-29(19-21-30)28-16-11-26(12-17-28)10-8-6-4-2/h11-24H,3-10,25H2,1-2H3. The van der Waals surface area contributed by atoms with E-state index in [2.05, 4.69) is 38.1 Å². The minimum atomic E-state index is 0.00840. The highest BCUT2D eigenvalue weighted by Gasteiger charge is 2.04. The van der Waals surface area contributed by atoms with Crippen LogP contribution in [0.15, 0.2) is 78.9 Å². The summed E-state index contributed by atoms with van der Waals surface area (Å²) in [5.41, 5.74) is 5.39. The van der Waals surface area contributed by atoms with Crippen LogP contribution in [-0.2, 0) is 6.42 Å². The third-order valence-corrected chi connectivity index (χ3v) is 6.10. The molecule has 0 atom stereocenters. The van der Waals surface area contributed by atoms with Crippen molar-refractivity contribution in [3.63, 3.8) is 0 Å². The zero-order chi connectivity index (χ0) is 24.0. The van der Waals surface area contributed by atoms with Crippen molar-refractivity contribution in [2.75, 3.05) is 6.61 Å². The first-order valence-corrected chi connectivity index (χ1v) is 12.8. The number of hydrogen-bond acceptors (Lipinski definition) is 2. The van der Waals surface area contributed by atoms with Gasteiger partial charge in [0.15, 0.2) is 5.78 Å². The molecule has 0 bridgehead atoms. The van der Waals surface area contributed by atoms with E-state index in [1.807, 2.05) is 54.6 Å². The van der Waals surface area contributed by atoms with E-state index in [1.54, 1.807) is 6.08 Å². The quantitative estimate of drug-likeness (QED) is 0.138. The highest BCUT2D eigenvalue weighted by Crippen LogP contribution is 2.22. The van der Waals surface area contributed by atoms with Crippen LogP contribution in [0.2, 0.25) is 0 Å². The largest absolute Gasteiger partial charge is 0.494 e. The van der Waals surface area contributed by atoms with E-state index in [9.17, 15) is 4.79 Å². The van der Waals surface area contributed by atoms with Crippen LogP contribution in [0.1, 0.15) is 80.3 Å². The van der Waals surface area contributed by atoms with Crippen LogP contribution >= 0.6 is 0 Å². The zero-order valence-corrected chi connectivity index (χ0v) is 20.8. The maximum Gasteiger partial charge on any atom is 0.185 e. The average Bonchev–Trinajstić information content (AvgIpc) is 2.88. The Morgan fingerprint density at radius 1 is 0.706 bits per heavy atom. The van der Waals surface area contributed by atoms with E-state index < -0.39 is 0 Å². The van der Waals surface area contributed by atoms with Crippen molar-refractivity contribution in [3.05, 3.63) is 95.6 Å². The Balaban J connectivity index is 1.51. The molecule has 0 aliphatic heterocycles. The lowest BCUT2D eigenvalue weighted by Gasteiger charge is -2.06. The minimum absolute atomic E-state index is 0.00840. The van der Waals surface area contributed by atoms with Crippen LogP contribution in [0.4, 0.5) is 0 Å². The van der Waals surface area contributed by atoms with Gasteiger partial charge in [0.1, 0.15) is 5.75 Å². The number of carbonyl (C=O) groups excluding carboxylic acids is 1. The third kappa shape index (κ3) is 8.33. The maximum absolute atomic E-state index is 12.6. The molecule has 0 fully saturated rings. The third-order valence-electron chi connectivity index (χ3n) is 6.10. The molecule has 0 heterocycles. The van der Waals surface area contributed by atoms with Crippen molar-refractivity contribution in [1.29, 1.82) is 0 Å². The van der Waals surface area contributed by atoms with E-state index in [1.165, 1.54) is 49.7 Å². The summed E-state index contributed by atoms with van der Waals surface area (Å²) in [6.45, 7) is 5.20. The van der Waals surface area contributed by atoms with Crippen molar-refractivity contribution in [1.82, 2.24) is 0 Å². The van der Waals surface area contributed by atoms with Crippen LogP contribution in [0, 0.1) is 0 Å². The Morgan fingerprint density at radius 3 is 1.97 bits per heavy atom. The second-order valence-electron chi connectivity index (χ2n) is 8.91. The first-order valence-electron chi connectivity index (χ1n) is 12.8. The molecule has 0 amide bonds. The second kappa shape index (κ2) is 14.2. The molecule has 0 aliphatic carbocycles. The molecule has 0 spiro atoms. The monoisotopic (exact) mass is 454 g/mol. The van der Waals surface area contributed by atoms with Gasteiger partial charge in [-0.05, 0) is 59.7 Å². The number of rotatable bonds is 14. The summed E-state index contributed by atoms with van der Waals surface area (Å²) in [5.74, 6) is 0.888. The molecule has 0 unspecified atom stereocenters. The first-order chi connectivity index (χ1) is 16.7. The number of hydrogen-bond donors (Lipinski definition) is 0. The second-order valence-corrected chi connectivity index (χ2v) is 8.91. The van der Waals surface area contributed by atoms with Gasteiger partial charge in [-0.25, -0.2) is 0 Å².